The van der Waals surface area contributed by atoms with Gasteiger partial charge in [0.05, 0.1) is 17.9 Å². The van der Waals surface area contributed by atoms with Gasteiger partial charge in [0.15, 0.2) is 0 Å². The Kier molecular flexibility index (Phi) is 33.8. The number of aliphatic hydroxyl groups is 1. The normalized spacial score (nSPS) is 13.5. The van der Waals surface area contributed by atoms with Crippen LogP contribution >= 0.6 is 0 Å². The highest BCUT2D eigenvalue weighted by Crippen LogP contribution is 2.16. The molecule has 0 aromatic heterocycles. The summed E-state index contributed by atoms with van der Waals surface area (Å²) in [6.07, 6.45) is 42.6. The number of carbonyl (C=O) groups excluding carboxylic acids is 1. The molecule has 0 aromatic carbocycles. The van der Waals surface area contributed by atoms with E-state index in [-0.39, 0.29) is 5.91 Å². The Hall–Kier alpha value is -1.18. The van der Waals surface area contributed by atoms with Gasteiger partial charge in [-0.15, -0.1) is 0 Å². The van der Waals surface area contributed by atoms with Crippen molar-refractivity contribution < 1.29 is 22.9 Å². The first-order valence-corrected chi connectivity index (χ1v) is 21.6. The van der Waals surface area contributed by atoms with Crippen LogP contribution in [0.2, 0.25) is 0 Å². The quantitative estimate of drug-likeness (QED) is 0.0346. The van der Waals surface area contributed by atoms with E-state index in [0.29, 0.717) is 12.8 Å². The van der Waals surface area contributed by atoms with Crippen molar-refractivity contribution in [2.24, 2.45) is 0 Å². The molecule has 0 aromatic rings. The molecule has 3 N–H and O–H groups in total. The average molecular weight is 684 g/mol. The van der Waals surface area contributed by atoms with Crippen molar-refractivity contribution in [3.05, 3.63) is 24.3 Å². The fraction of sp³-hybridized carbons (Fsp3) is 0.875. The standard InChI is InChI=1S/C40H77NO5S/c1-3-5-7-9-11-13-15-17-18-19-20-21-22-24-26-28-30-32-34-36-40(43)41-38(37-47(44,45)46)39(42)35-33-31-29-27-25-23-16-14-12-10-8-6-4-2/h11,13,17-18,38-39,42H,3-10,12,14-16,19-37H2,1-2H3,(H,41,43)(H,44,45,46)/b13-11-,18-17-. The third-order valence-corrected chi connectivity index (χ3v) is 9.94. The minimum atomic E-state index is -4.31. The van der Waals surface area contributed by atoms with Gasteiger partial charge in [0, 0.05) is 6.42 Å². The lowest BCUT2D eigenvalue weighted by Gasteiger charge is -2.23. The van der Waals surface area contributed by atoms with E-state index in [1.165, 1.54) is 135 Å². The Morgan fingerprint density at radius 2 is 0.957 bits per heavy atom. The van der Waals surface area contributed by atoms with Gasteiger partial charge in [-0.3, -0.25) is 9.35 Å². The maximum atomic E-state index is 12.5. The second-order valence-electron chi connectivity index (χ2n) is 13.9. The van der Waals surface area contributed by atoms with E-state index in [0.717, 1.165) is 44.9 Å². The van der Waals surface area contributed by atoms with Crippen LogP contribution in [0.1, 0.15) is 206 Å². The third kappa shape index (κ3) is 35.9. The van der Waals surface area contributed by atoms with Gasteiger partial charge in [-0.25, -0.2) is 0 Å². The summed E-state index contributed by atoms with van der Waals surface area (Å²) in [6.45, 7) is 4.49. The lowest BCUT2D eigenvalue weighted by atomic mass is 10.0. The molecular formula is C40H77NO5S. The van der Waals surface area contributed by atoms with E-state index in [2.05, 4.69) is 43.5 Å². The highest BCUT2D eigenvalue weighted by molar-refractivity contribution is 7.85. The zero-order valence-corrected chi connectivity index (χ0v) is 31.7. The summed E-state index contributed by atoms with van der Waals surface area (Å²) in [7, 11) is -4.31. The summed E-state index contributed by atoms with van der Waals surface area (Å²) >= 11 is 0. The molecule has 0 fully saturated rings. The Bertz CT molecular complexity index is 842. The maximum Gasteiger partial charge on any atom is 0.266 e. The second-order valence-corrected chi connectivity index (χ2v) is 15.4. The molecule has 0 radical (unpaired) electrons. The van der Waals surface area contributed by atoms with Gasteiger partial charge >= 0.3 is 0 Å². The van der Waals surface area contributed by atoms with Crippen LogP contribution in [0.3, 0.4) is 0 Å². The van der Waals surface area contributed by atoms with E-state index in [4.69, 9.17) is 0 Å². The van der Waals surface area contributed by atoms with Gasteiger partial charge in [-0.05, 0) is 44.9 Å². The molecule has 2 unspecified atom stereocenters. The van der Waals surface area contributed by atoms with E-state index >= 15 is 0 Å². The van der Waals surface area contributed by atoms with Gasteiger partial charge in [-0.1, -0.05) is 179 Å². The predicted octanol–water partition coefficient (Wildman–Crippen LogP) is 11.6. The van der Waals surface area contributed by atoms with Crippen LogP contribution in [0.25, 0.3) is 0 Å². The zero-order valence-electron chi connectivity index (χ0n) is 30.9. The first-order chi connectivity index (χ1) is 22.8. The van der Waals surface area contributed by atoms with Crippen molar-refractivity contribution in [3.8, 4) is 0 Å². The SMILES string of the molecule is CCCCC/C=C\C/C=C\CCCCCCCCCCCC(=O)NC(CS(=O)(=O)O)C(O)CCCCCCCCCCCCCCC. The van der Waals surface area contributed by atoms with E-state index < -0.39 is 28.0 Å². The topological polar surface area (TPSA) is 104 Å². The van der Waals surface area contributed by atoms with Crippen molar-refractivity contribution in [2.75, 3.05) is 5.75 Å². The smallest absolute Gasteiger partial charge is 0.266 e. The number of nitrogens with one attached hydrogen (secondary N) is 1. The fourth-order valence-electron chi connectivity index (χ4n) is 6.13. The molecule has 0 rings (SSSR count). The first-order valence-electron chi connectivity index (χ1n) is 20.0. The highest BCUT2D eigenvalue weighted by Gasteiger charge is 2.26. The van der Waals surface area contributed by atoms with Crippen molar-refractivity contribution in [3.63, 3.8) is 0 Å². The van der Waals surface area contributed by atoms with Crippen molar-refractivity contribution in [1.82, 2.24) is 5.32 Å². The fourth-order valence-corrected chi connectivity index (χ4v) is 6.89. The molecule has 0 aliphatic heterocycles. The average Bonchev–Trinajstić information content (AvgIpc) is 3.03. The molecule has 0 saturated heterocycles. The molecule has 0 saturated carbocycles. The lowest BCUT2D eigenvalue weighted by molar-refractivity contribution is -0.122. The molecule has 2 atom stereocenters. The molecule has 278 valence electrons. The second kappa shape index (κ2) is 34.7. The summed E-state index contributed by atoms with van der Waals surface area (Å²) in [6, 6.07) is -0.970. The first kappa shape index (κ1) is 45.8. The molecule has 47 heavy (non-hydrogen) atoms. The van der Waals surface area contributed by atoms with Gasteiger partial charge in [0.2, 0.25) is 5.91 Å². The van der Waals surface area contributed by atoms with Gasteiger partial charge in [0.25, 0.3) is 10.1 Å². The van der Waals surface area contributed by atoms with Crippen LogP contribution in [0.15, 0.2) is 24.3 Å². The molecule has 0 heterocycles. The van der Waals surface area contributed by atoms with Crippen LogP contribution in [0.5, 0.6) is 0 Å². The monoisotopic (exact) mass is 684 g/mol. The minimum Gasteiger partial charge on any atom is -0.391 e. The molecule has 0 spiro atoms. The molecule has 7 heteroatoms. The third-order valence-electron chi connectivity index (χ3n) is 9.16. The number of amides is 1. The Morgan fingerprint density at radius 1 is 0.574 bits per heavy atom. The number of aliphatic hydroxyl groups excluding tert-OH is 1. The lowest BCUT2D eigenvalue weighted by Crippen LogP contribution is -2.47. The van der Waals surface area contributed by atoms with Crippen molar-refractivity contribution >= 4 is 16.0 Å². The van der Waals surface area contributed by atoms with E-state index in [1.54, 1.807) is 0 Å². The number of rotatable bonds is 36. The number of hydrogen-bond acceptors (Lipinski definition) is 4. The Balaban J connectivity index is 3.86. The Labute approximate surface area is 292 Å². The summed E-state index contributed by atoms with van der Waals surface area (Å²) in [5.74, 6) is -0.898. The minimum absolute atomic E-state index is 0.250. The molecule has 0 bridgehead atoms. The van der Waals surface area contributed by atoms with Gasteiger partial charge < -0.3 is 10.4 Å². The van der Waals surface area contributed by atoms with Crippen LogP contribution in [0, 0.1) is 0 Å². The molecule has 0 aliphatic carbocycles. The van der Waals surface area contributed by atoms with Gasteiger partial charge in [-0.2, -0.15) is 8.42 Å². The molecular weight excluding hydrogens is 607 g/mol. The van der Waals surface area contributed by atoms with Crippen LogP contribution in [-0.4, -0.2) is 41.9 Å². The molecule has 6 nitrogen and oxygen atoms in total. The van der Waals surface area contributed by atoms with Crippen molar-refractivity contribution in [2.45, 2.75) is 219 Å². The number of unbranched alkanes of at least 4 members (excludes halogenated alkanes) is 24. The molecule has 0 aliphatic rings. The zero-order chi connectivity index (χ0) is 34.7. The maximum absolute atomic E-state index is 12.5. The Morgan fingerprint density at radius 3 is 1.43 bits per heavy atom. The van der Waals surface area contributed by atoms with Crippen LogP contribution < -0.4 is 5.32 Å². The van der Waals surface area contributed by atoms with E-state index in [9.17, 15) is 22.9 Å². The molecule has 1 amide bonds. The van der Waals surface area contributed by atoms with Gasteiger partial charge in [0.1, 0.15) is 0 Å². The number of carbonyl (C=O) groups is 1. The summed E-state index contributed by atoms with van der Waals surface area (Å²) < 4.78 is 32.5. The summed E-state index contributed by atoms with van der Waals surface area (Å²) in [5.41, 5.74) is 0. The number of hydrogen-bond donors (Lipinski definition) is 3. The van der Waals surface area contributed by atoms with Crippen LogP contribution in [0.4, 0.5) is 0 Å². The summed E-state index contributed by atoms with van der Waals surface area (Å²) in [5, 5.41) is 13.3. The summed E-state index contributed by atoms with van der Waals surface area (Å²) in [4.78, 5) is 12.5. The number of allylic oxidation sites excluding steroid dienone is 4. The largest absolute Gasteiger partial charge is 0.391 e. The van der Waals surface area contributed by atoms with Crippen LogP contribution in [-0.2, 0) is 14.9 Å². The van der Waals surface area contributed by atoms with Crippen molar-refractivity contribution in [1.29, 1.82) is 0 Å². The predicted molar refractivity (Wildman–Crippen MR) is 202 cm³/mol. The van der Waals surface area contributed by atoms with E-state index in [1.807, 2.05) is 0 Å². The highest BCUT2D eigenvalue weighted by atomic mass is 32.2.